The number of hydrogen-bond donors (Lipinski definition) is 6. The van der Waals surface area contributed by atoms with Gasteiger partial charge in [0.1, 0.15) is 18.1 Å². The molecule has 10 heteroatoms. The van der Waals surface area contributed by atoms with Crippen LogP contribution in [0.25, 0.3) is 0 Å². The predicted molar refractivity (Wildman–Crippen MR) is 148 cm³/mol. The first-order chi connectivity index (χ1) is 18.9. The third-order valence-electron chi connectivity index (χ3n) is 6.77. The molecule has 4 atom stereocenters. The fourth-order valence-electron chi connectivity index (χ4n) is 4.59. The molecule has 0 aliphatic carbocycles. The first kappa shape index (κ1) is 29.8. The predicted octanol–water partition coefficient (Wildman–Crippen LogP) is 0.892. The Bertz CT molecular complexity index is 1080. The number of carboxylic acids is 1. The summed E-state index contributed by atoms with van der Waals surface area (Å²) in [4.78, 5) is 51.6. The van der Waals surface area contributed by atoms with Crippen molar-refractivity contribution in [3.8, 4) is 0 Å². The van der Waals surface area contributed by atoms with E-state index in [0.717, 1.165) is 24.1 Å². The highest BCUT2D eigenvalue weighted by molar-refractivity contribution is 5.94. The lowest BCUT2D eigenvalue weighted by atomic mass is 10.0. The average molecular weight is 538 g/mol. The lowest BCUT2D eigenvalue weighted by molar-refractivity contribution is -0.142. The molecular formula is C29H39N5O5. The largest absolute Gasteiger partial charge is 0.480 e. The summed E-state index contributed by atoms with van der Waals surface area (Å²) in [7, 11) is 0. The molecule has 4 unspecified atom stereocenters. The first-order valence-corrected chi connectivity index (χ1v) is 13.5. The zero-order valence-electron chi connectivity index (χ0n) is 22.1. The van der Waals surface area contributed by atoms with E-state index >= 15 is 0 Å². The maximum atomic E-state index is 13.6. The summed E-state index contributed by atoms with van der Waals surface area (Å²) in [5.41, 5.74) is 7.17. The Hall–Kier alpha value is -3.76. The lowest BCUT2D eigenvalue weighted by Crippen LogP contribution is -2.58. The van der Waals surface area contributed by atoms with E-state index in [9.17, 15) is 24.3 Å². The molecule has 10 nitrogen and oxygen atoms in total. The minimum Gasteiger partial charge on any atom is -0.480 e. The van der Waals surface area contributed by atoms with Gasteiger partial charge in [0.05, 0.1) is 6.04 Å². The number of rotatable bonds is 15. The molecule has 1 aliphatic rings. The fourth-order valence-corrected chi connectivity index (χ4v) is 4.59. The summed E-state index contributed by atoms with van der Waals surface area (Å²) in [6.07, 6.45) is 3.37. The number of nitrogens with two attached hydrogens (primary N) is 1. The minimum absolute atomic E-state index is 0.156. The molecule has 2 aromatic carbocycles. The minimum atomic E-state index is -1.15. The van der Waals surface area contributed by atoms with Crippen LogP contribution in [0.2, 0.25) is 0 Å². The van der Waals surface area contributed by atoms with Crippen molar-refractivity contribution in [2.24, 2.45) is 5.73 Å². The zero-order valence-corrected chi connectivity index (χ0v) is 22.1. The molecule has 0 bridgehead atoms. The number of amides is 3. The fraction of sp³-hybridized carbons (Fsp3) is 0.448. The SMILES string of the molecule is NCCCCC(NC(=O)C(Cc1ccccc1)NC(=O)C(Cc1ccccc1)NC(=O)C1CCCN1)C(=O)O. The molecule has 3 amide bonds. The third kappa shape index (κ3) is 9.81. The second kappa shape index (κ2) is 15.6. The number of unbranched alkanes of at least 4 members (excludes halogenated alkanes) is 1. The van der Waals surface area contributed by atoms with Gasteiger partial charge in [-0.05, 0) is 56.3 Å². The highest BCUT2D eigenvalue weighted by Crippen LogP contribution is 2.10. The van der Waals surface area contributed by atoms with Crippen molar-refractivity contribution in [2.45, 2.75) is 69.1 Å². The van der Waals surface area contributed by atoms with E-state index in [1.54, 1.807) is 0 Å². The van der Waals surface area contributed by atoms with Crippen LogP contribution in [0, 0.1) is 0 Å². The second-order valence-electron chi connectivity index (χ2n) is 9.83. The van der Waals surface area contributed by atoms with E-state index in [-0.39, 0.29) is 31.2 Å². The molecule has 0 aromatic heterocycles. The van der Waals surface area contributed by atoms with Crippen LogP contribution in [0.1, 0.15) is 43.2 Å². The van der Waals surface area contributed by atoms with Crippen LogP contribution in [0.15, 0.2) is 60.7 Å². The molecule has 0 saturated carbocycles. The van der Waals surface area contributed by atoms with Crippen molar-refractivity contribution in [1.29, 1.82) is 0 Å². The van der Waals surface area contributed by atoms with E-state index in [1.807, 2.05) is 60.7 Å². The number of nitrogens with one attached hydrogen (secondary N) is 4. The van der Waals surface area contributed by atoms with Crippen molar-refractivity contribution in [3.63, 3.8) is 0 Å². The van der Waals surface area contributed by atoms with E-state index in [4.69, 9.17) is 5.73 Å². The van der Waals surface area contributed by atoms with Crippen molar-refractivity contribution < 1.29 is 24.3 Å². The van der Waals surface area contributed by atoms with Gasteiger partial charge in [-0.25, -0.2) is 4.79 Å². The normalized spacial score (nSPS) is 17.0. The van der Waals surface area contributed by atoms with Crippen molar-refractivity contribution in [3.05, 3.63) is 71.8 Å². The number of benzene rings is 2. The molecule has 7 N–H and O–H groups in total. The molecule has 39 heavy (non-hydrogen) atoms. The van der Waals surface area contributed by atoms with Gasteiger partial charge in [0, 0.05) is 12.8 Å². The van der Waals surface area contributed by atoms with E-state index in [0.29, 0.717) is 25.8 Å². The summed E-state index contributed by atoms with van der Waals surface area (Å²) in [5, 5.41) is 21.0. The molecule has 1 saturated heterocycles. The van der Waals surface area contributed by atoms with Crippen molar-refractivity contribution in [1.82, 2.24) is 21.3 Å². The third-order valence-corrected chi connectivity index (χ3v) is 6.77. The quantitative estimate of drug-likeness (QED) is 0.184. The molecule has 0 radical (unpaired) electrons. The smallest absolute Gasteiger partial charge is 0.326 e. The first-order valence-electron chi connectivity index (χ1n) is 13.5. The number of carboxylic acid groups (broad SMARTS) is 1. The van der Waals surface area contributed by atoms with Gasteiger partial charge in [-0.15, -0.1) is 0 Å². The van der Waals surface area contributed by atoms with E-state index in [2.05, 4.69) is 21.3 Å². The Morgan fingerprint density at radius 3 is 1.85 bits per heavy atom. The average Bonchev–Trinajstić information content (AvgIpc) is 3.48. The van der Waals surface area contributed by atoms with Gasteiger partial charge in [0.2, 0.25) is 17.7 Å². The van der Waals surface area contributed by atoms with Gasteiger partial charge >= 0.3 is 5.97 Å². The van der Waals surface area contributed by atoms with Gasteiger partial charge in [-0.2, -0.15) is 0 Å². The van der Waals surface area contributed by atoms with Crippen molar-refractivity contribution >= 4 is 23.7 Å². The molecule has 3 rings (SSSR count). The van der Waals surface area contributed by atoms with Gasteiger partial charge in [-0.1, -0.05) is 60.7 Å². The van der Waals surface area contributed by atoms with Gasteiger partial charge in [-0.3, -0.25) is 14.4 Å². The van der Waals surface area contributed by atoms with Crippen LogP contribution in [0.4, 0.5) is 0 Å². The van der Waals surface area contributed by atoms with Crippen LogP contribution in [-0.4, -0.2) is 66.1 Å². The van der Waals surface area contributed by atoms with E-state index in [1.165, 1.54) is 0 Å². The monoisotopic (exact) mass is 537 g/mol. The van der Waals surface area contributed by atoms with Gasteiger partial charge in [0.15, 0.2) is 0 Å². The van der Waals surface area contributed by atoms with Gasteiger partial charge < -0.3 is 32.1 Å². The summed E-state index contributed by atoms with van der Waals surface area (Å²) in [5.74, 6) is -2.53. The highest BCUT2D eigenvalue weighted by Gasteiger charge is 2.31. The topological polar surface area (TPSA) is 163 Å². The molecule has 1 aliphatic heterocycles. The maximum absolute atomic E-state index is 13.6. The molecule has 210 valence electrons. The number of hydrogen-bond acceptors (Lipinski definition) is 6. The highest BCUT2D eigenvalue weighted by atomic mass is 16.4. The van der Waals surface area contributed by atoms with Crippen LogP contribution < -0.4 is 27.0 Å². The maximum Gasteiger partial charge on any atom is 0.326 e. The summed E-state index contributed by atoms with van der Waals surface area (Å²) in [6.45, 7) is 1.17. The van der Waals surface area contributed by atoms with E-state index < -0.39 is 35.9 Å². The Morgan fingerprint density at radius 2 is 1.36 bits per heavy atom. The molecule has 2 aromatic rings. The Labute approximate surface area is 229 Å². The van der Waals surface area contributed by atoms with Crippen LogP contribution in [0.3, 0.4) is 0 Å². The second-order valence-corrected chi connectivity index (χ2v) is 9.83. The van der Waals surface area contributed by atoms with Gasteiger partial charge in [0.25, 0.3) is 0 Å². The molecule has 1 fully saturated rings. The summed E-state index contributed by atoms with van der Waals surface area (Å²) < 4.78 is 0. The summed E-state index contributed by atoms with van der Waals surface area (Å²) >= 11 is 0. The molecular weight excluding hydrogens is 498 g/mol. The zero-order chi connectivity index (χ0) is 28.0. The number of carbonyl (C=O) groups excluding carboxylic acids is 3. The Kier molecular flexibility index (Phi) is 11.9. The Balaban J connectivity index is 1.78. The number of carbonyl (C=O) groups is 4. The molecule has 1 heterocycles. The Morgan fingerprint density at radius 1 is 0.821 bits per heavy atom. The number of aliphatic carboxylic acids is 1. The van der Waals surface area contributed by atoms with Crippen molar-refractivity contribution in [2.75, 3.05) is 13.1 Å². The van der Waals surface area contributed by atoms with Crippen LogP contribution >= 0.6 is 0 Å². The molecule has 0 spiro atoms. The summed E-state index contributed by atoms with van der Waals surface area (Å²) in [6, 6.07) is 15.0. The van der Waals surface area contributed by atoms with Crippen LogP contribution in [-0.2, 0) is 32.0 Å². The van der Waals surface area contributed by atoms with Crippen LogP contribution in [0.5, 0.6) is 0 Å². The standard InChI is InChI=1S/C29H39N5O5/c30-16-8-7-14-23(29(38)39)32-27(36)24(18-20-10-3-1-4-11-20)34-28(37)25(19-21-12-5-2-6-13-21)33-26(35)22-15-9-17-31-22/h1-6,10-13,22-25,31H,7-9,14-19,30H2,(H,32,36)(H,33,35)(H,34,37)(H,38,39). The lowest BCUT2D eigenvalue weighted by Gasteiger charge is -2.25.